The van der Waals surface area contributed by atoms with Crippen LogP contribution in [-0.2, 0) is 9.59 Å². The molecule has 0 aromatic carbocycles. The molecule has 0 atom stereocenters. The molecule has 0 unspecified atom stereocenters. The number of piperidine rings is 2. The molecule has 2 amide bonds. The summed E-state index contributed by atoms with van der Waals surface area (Å²) in [6.45, 7) is 7.23. The van der Waals surface area contributed by atoms with E-state index in [4.69, 9.17) is 0 Å². The molecule has 0 bridgehead atoms. The highest BCUT2D eigenvalue weighted by Crippen LogP contribution is 2.34. The number of halogens is 1. The number of alkyl halides is 1. The lowest BCUT2D eigenvalue weighted by atomic mass is 9.80. The van der Waals surface area contributed by atoms with E-state index in [0.717, 1.165) is 71.1 Å². The normalized spacial score (nSPS) is 27.5. The van der Waals surface area contributed by atoms with Gasteiger partial charge in [0.1, 0.15) is 5.67 Å². The third-order valence-electron chi connectivity index (χ3n) is 7.12. The Labute approximate surface area is 176 Å². The number of nitrogens with zero attached hydrogens (tertiary/aromatic N) is 1. The number of hydrogen-bond acceptors (Lipinski definition) is 3. The van der Waals surface area contributed by atoms with E-state index in [-0.39, 0.29) is 23.7 Å². The molecule has 3 fully saturated rings. The van der Waals surface area contributed by atoms with E-state index < -0.39 is 5.67 Å². The summed E-state index contributed by atoms with van der Waals surface area (Å²) in [6.07, 6.45) is 8.23. The zero-order chi connectivity index (χ0) is 21.3. The number of nitrogens with one attached hydrogen (secondary N) is 2. The molecule has 1 aliphatic carbocycles. The van der Waals surface area contributed by atoms with Crippen LogP contribution in [0.25, 0.3) is 0 Å². The van der Waals surface area contributed by atoms with Gasteiger partial charge < -0.3 is 15.5 Å². The van der Waals surface area contributed by atoms with Gasteiger partial charge in [-0.1, -0.05) is 13.8 Å². The van der Waals surface area contributed by atoms with E-state index >= 15 is 0 Å². The Hall–Kier alpha value is -1.17. The van der Waals surface area contributed by atoms with Crippen molar-refractivity contribution in [3.05, 3.63) is 0 Å². The second-order valence-electron chi connectivity index (χ2n) is 8.87. The third kappa shape index (κ3) is 6.94. The van der Waals surface area contributed by atoms with Crippen LogP contribution in [0.15, 0.2) is 0 Å². The van der Waals surface area contributed by atoms with Crippen molar-refractivity contribution in [1.82, 2.24) is 15.5 Å². The minimum Gasteiger partial charge on any atom is -0.359 e. The molecule has 5 nitrogen and oxygen atoms in total. The summed E-state index contributed by atoms with van der Waals surface area (Å²) in [7, 11) is 1.68. The van der Waals surface area contributed by atoms with Crippen LogP contribution in [0.3, 0.4) is 0 Å². The molecule has 168 valence electrons. The van der Waals surface area contributed by atoms with Crippen molar-refractivity contribution in [3.63, 3.8) is 0 Å². The summed E-state index contributed by atoms with van der Waals surface area (Å²) in [4.78, 5) is 26.6. The van der Waals surface area contributed by atoms with Crippen LogP contribution in [0.2, 0.25) is 0 Å². The molecular weight excluding hydrogens is 369 g/mol. The van der Waals surface area contributed by atoms with Crippen molar-refractivity contribution >= 4 is 11.8 Å². The number of likely N-dealkylation sites (tertiary alicyclic amines) is 1. The molecular formula is C23H42FN3O2. The summed E-state index contributed by atoms with van der Waals surface area (Å²) in [6, 6.07) is 0. The standard InChI is InChI=1S/C21H36FN3O2.C2H6/c1-23-19(26)17-2-4-18(5-3-17)20(27)25-14-7-16(8-15-25)6-9-21(22)10-12-24-13-11-21;1-2/h16-18,24H,2-15H2,1H3,(H,23,26);1-2H3. The van der Waals surface area contributed by atoms with E-state index in [1.54, 1.807) is 7.05 Å². The molecule has 0 aromatic rings. The first kappa shape index (κ1) is 24.1. The first-order chi connectivity index (χ1) is 14.0. The van der Waals surface area contributed by atoms with E-state index in [1.165, 1.54) is 0 Å². The molecule has 3 rings (SSSR count). The lowest BCUT2D eigenvalue weighted by Gasteiger charge is -2.37. The molecule has 6 heteroatoms. The number of amides is 2. The van der Waals surface area contributed by atoms with Crippen LogP contribution in [0, 0.1) is 17.8 Å². The second-order valence-corrected chi connectivity index (χ2v) is 8.87. The Balaban J connectivity index is 0.00000145. The SMILES string of the molecule is CC.CNC(=O)C1CCC(C(=O)N2CCC(CCC3(F)CCNCC3)CC2)CC1. The molecule has 0 spiro atoms. The molecule has 3 aliphatic rings. The van der Waals surface area contributed by atoms with Gasteiger partial charge in [0.25, 0.3) is 0 Å². The van der Waals surface area contributed by atoms with Gasteiger partial charge in [-0.25, -0.2) is 4.39 Å². The lowest BCUT2D eigenvalue weighted by molar-refractivity contribution is -0.139. The molecule has 2 heterocycles. The molecule has 2 saturated heterocycles. The van der Waals surface area contributed by atoms with Gasteiger partial charge in [0.15, 0.2) is 0 Å². The summed E-state index contributed by atoms with van der Waals surface area (Å²) in [5.41, 5.74) is -0.971. The quantitative estimate of drug-likeness (QED) is 0.726. The summed E-state index contributed by atoms with van der Waals surface area (Å²) in [5.74, 6) is 1.12. The van der Waals surface area contributed by atoms with E-state index in [2.05, 4.69) is 10.6 Å². The van der Waals surface area contributed by atoms with Crippen LogP contribution < -0.4 is 10.6 Å². The molecule has 1 saturated carbocycles. The molecule has 2 aliphatic heterocycles. The zero-order valence-electron chi connectivity index (χ0n) is 18.8. The Morgan fingerprint density at radius 3 is 2.10 bits per heavy atom. The van der Waals surface area contributed by atoms with Gasteiger partial charge in [-0.2, -0.15) is 0 Å². The van der Waals surface area contributed by atoms with Gasteiger partial charge >= 0.3 is 0 Å². The number of hydrogen-bond donors (Lipinski definition) is 2. The highest BCUT2D eigenvalue weighted by molar-refractivity contribution is 5.81. The minimum absolute atomic E-state index is 0.0767. The fraction of sp³-hybridized carbons (Fsp3) is 0.913. The van der Waals surface area contributed by atoms with Crippen LogP contribution >= 0.6 is 0 Å². The summed E-state index contributed by atoms with van der Waals surface area (Å²) in [5, 5.41) is 5.95. The van der Waals surface area contributed by atoms with Gasteiger partial charge in [-0.05, 0) is 83.2 Å². The van der Waals surface area contributed by atoms with Crippen LogP contribution in [0.1, 0.15) is 78.1 Å². The average molecular weight is 412 g/mol. The predicted octanol–water partition coefficient (Wildman–Crippen LogP) is 3.68. The first-order valence-corrected chi connectivity index (χ1v) is 11.9. The van der Waals surface area contributed by atoms with Gasteiger partial charge in [0.05, 0.1) is 0 Å². The monoisotopic (exact) mass is 411 g/mol. The van der Waals surface area contributed by atoms with Gasteiger partial charge in [0.2, 0.25) is 11.8 Å². The van der Waals surface area contributed by atoms with Crippen LogP contribution in [0.4, 0.5) is 4.39 Å². The first-order valence-electron chi connectivity index (χ1n) is 11.9. The molecule has 29 heavy (non-hydrogen) atoms. The van der Waals surface area contributed by atoms with Gasteiger partial charge in [0, 0.05) is 32.0 Å². The Bertz CT molecular complexity index is 506. The van der Waals surface area contributed by atoms with Gasteiger partial charge in [-0.15, -0.1) is 0 Å². The maximum Gasteiger partial charge on any atom is 0.225 e. The third-order valence-corrected chi connectivity index (χ3v) is 7.12. The van der Waals surface area contributed by atoms with Crippen molar-refractivity contribution < 1.29 is 14.0 Å². The summed E-state index contributed by atoms with van der Waals surface area (Å²) < 4.78 is 14.8. The fourth-order valence-corrected chi connectivity index (χ4v) is 5.09. The fourth-order valence-electron chi connectivity index (χ4n) is 5.09. The van der Waals surface area contributed by atoms with Crippen LogP contribution in [-0.4, -0.2) is 55.6 Å². The van der Waals surface area contributed by atoms with Crippen molar-refractivity contribution in [3.8, 4) is 0 Å². The zero-order valence-corrected chi connectivity index (χ0v) is 18.8. The van der Waals surface area contributed by atoms with Crippen molar-refractivity contribution in [1.29, 1.82) is 0 Å². The molecule has 2 N–H and O–H groups in total. The molecule has 0 aromatic heterocycles. The van der Waals surface area contributed by atoms with Gasteiger partial charge in [-0.3, -0.25) is 9.59 Å². The van der Waals surface area contributed by atoms with E-state index in [0.29, 0.717) is 25.2 Å². The second kappa shape index (κ2) is 11.9. The lowest BCUT2D eigenvalue weighted by Crippen LogP contribution is -2.44. The van der Waals surface area contributed by atoms with Crippen molar-refractivity contribution in [2.45, 2.75) is 83.7 Å². The van der Waals surface area contributed by atoms with Crippen molar-refractivity contribution in [2.75, 3.05) is 33.2 Å². The minimum atomic E-state index is -0.971. The summed E-state index contributed by atoms with van der Waals surface area (Å²) >= 11 is 0. The average Bonchev–Trinajstić information content (AvgIpc) is 2.79. The van der Waals surface area contributed by atoms with Crippen LogP contribution in [0.5, 0.6) is 0 Å². The molecule has 0 radical (unpaired) electrons. The Morgan fingerprint density at radius 1 is 1.00 bits per heavy atom. The van der Waals surface area contributed by atoms with E-state index in [9.17, 15) is 14.0 Å². The predicted molar refractivity (Wildman–Crippen MR) is 115 cm³/mol. The number of carbonyl (C=O) groups is 2. The highest BCUT2D eigenvalue weighted by Gasteiger charge is 2.35. The smallest absolute Gasteiger partial charge is 0.225 e. The maximum absolute atomic E-state index is 14.8. The Morgan fingerprint density at radius 2 is 1.55 bits per heavy atom. The number of carbonyl (C=O) groups excluding carboxylic acids is 2. The number of rotatable bonds is 5. The maximum atomic E-state index is 14.8. The Kier molecular flexibility index (Phi) is 9.87. The topological polar surface area (TPSA) is 61.4 Å². The van der Waals surface area contributed by atoms with E-state index in [1.807, 2.05) is 18.7 Å². The highest BCUT2D eigenvalue weighted by atomic mass is 19.1. The largest absolute Gasteiger partial charge is 0.359 e. The van der Waals surface area contributed by atoms with Crippen molar-refractivity contribution in [2.24, 2.45) is 17.8 Å².